The van der Waals surface area contributed by atoms with Crippen LogP contribution in [0.4, 0.5) is 4.79 Å². The van der Waals surface area contributed by atoms with Crippen molar-refractivity contribution in [2.75, 3.05) is 13.1 Å². The van der Waals surface area contributed by atoms with Crippen LogP contribution < -0.4 is 5.32 Å². The Morgan fingerprint density at radius 2 is 1.60 bits per heavy atom. The van der Waals surface area contributed by atoms with Crippen molar-refractivity contribution in [3.63, 3.8) is 0 Å². The summed E-state index contributed by atoms with van der Waals surface area (Å²) < 4.78 is 0. The molecule has 1 aliphatic rings. The first-order valence-electron chi connectivity index (χ1n) is 7.11. The van der Waals surface area contributed by atoms with E-state index in [1.807, 2.05) is 0 Å². The molecule has 0 aliphatic carbocycles. The van der Waals surface area contributed by atoms with E-state index in [9.17, 15) is 14.4 Å². The summed E-state index contributed by atoms with van der Waals surface area (Å²) in [6, 6.07) is -0.358. The number of carboxylic acid groups (broad SMARTS) is 1. The van der Waals surface area contributed by atoms with Crippen molar-refractivity contribution in [2.45, 2.75) is 52.4 Å². The highest BCUT2D eigenvalue weighted by molar-refractivity contribution is 5.94. The van der Waals surface area contributed by atoms with Gasteiger partial charge in [0, 0.05) is 19.5 Å². The minimum Gasteiger partial charge on any atom is -0.481 e. The van der Waals surface area contributed by atoms with Gasteiger partial charge in [0.1, 0.15) is 0 Å². The molecule has 0 aromatic carbocycles. The SMILES string of the molecule is CC(C)(CC(=O)O)CC(=O)NC(=O)N1CCCCCC1. The number of hydrogen-bond donors (Lipinski definition) is 2. The number of amides is 3. The van der Waals surface area contributed by atoms with Gasteiger partial charge in [-0.15, -0.1) is 0 Å². The van der Waals surface area contributed by atoms with Gasteiger partial charge in [0.2, 0.25) is 5.91 Å². The molecule has 0 bridgehead atoms. The molecule has 1 fully saturated rings. The second-order valence-corrected chi connectivity index (χ2v) is 6.17. The fourth-order valence-electron chi connectivity index (χ4n) is 2.42. The molecule has 6 nitrogen and oxygen atoms in total. The van der Waals surface area contributed by atoms with Crippen molar-refractivity contribution in [1.29, 1.82) is 0 Å². The van der Waals surface area contributed by atoms with Crippen molar-refractivity contribution in [2.24, 2.45) is 5.41 Å². The number of likely N-dealkylation sites (tertiary alicyclic amines) is 1. The van der Waals surface area contributed by atoms with Crippen LogP contribution in [0.5, 0.6) is 0 Å². The lowest BCUT2D eigenvalue weighted by Crippen LogP contribution is -2.44. The number of imide groups is 1. The maximum absolute atomic E-state index is 11.9. The van der Waals surface area contributed by atoms with Crippen LogP contribution >= 0.6 is 0 Å². The monoisotopic (exact) mass is 284 g/mol. The summed E-state index contributed by atoms with van der Waals surface area (Å²) in [6.45, 7) is 4.77. The Morgan fingerprint density at radius 1 is 1.05 bits per heavy atom. The predicted octanol–water partition coefficient (Wildman–Crippen LogP) is 1.99. The van der Waals surface area contributed by atoms with E-state index in [4.69, 9.17) is 5.11 Å². The van der Waals surface area contributed by atoms with Crippen LogP contribution in [0.15, 0.2) is 0 Å². The van der Waals surface area contributed by atoms with Gasteiger partial charge in [-0.3, -0.25) is 14.9 Å². The minimum atomic E-state index is -0.943. The maximum Gasteiger partial charge on any atom is 0.324 e. The van der Waals surface area contributed by atoms with Gasteiger partial charge in [-0.25, -0.2) is 4.79 Å². The zero-order valence-corrected chi connectivity index (χ0v) is 12.3. The summed E-state index contributed by atoms with van der Waals surface area (Å²) in [6.07, 6.45) is 4.09. The van der Waals surface area contributed by atoms with E-state index < -0.39 is 17.3 Å². The van der Waals surface area contributed by atoms with Crippen LogP contribution in [0.25, 0.3) is 0 Å². The molecule has 1 heterocycles. The summed E-state index contributed by atoms with van der Waals surface area (Å²) in [5.41, 5.74) is -0.658. The highest BCUT2D eigenvalue weighted by Crippen LogP contribution is 2.24. The van der Waals surface area contributed by atoms with Gasteiger partial charge in [-0.05, 0) is 18.3 Å². The lowest BCUT2D eigenvalue weighted by Gasteiger charge is -2.23. The quantitative estimate of drug-likeness (QED) is 0.826. The molecule has 2 N–H and O–H groups in total. The van der Waals surface area contributed by atoms with Crippen LogP contribution in [0.2, 0.25) is 0 Å². The number of carbonyl (C=O) groups is 3. The normalized spacial score (nSPS) is 16.4. The number of carbonyl (C=O) groups excluding carboxylic acids is 2. The Labute approximate surface area is 119 Å². The number of rotatable bonds is 4. The van der Waals surface area contributed by atoms with Gasteiger partial charge < -0.3 is 10.0 Å². The fourth-order valence-corrected chi connectivity index (χ4v) is 2.42. The van der Waals surface area contributed by atoms with E-state index in [0.717, 1.165) is 25.7 Å². The lowest BCUT2D eigenvalue weighted by atomic mass is 9.85. The van der Waals surface area contributed by atoms with Crippen LogP contribution in [0, 0.1) is 5.41 Å². The number of aliphatic carboxylic acids is 1. The van der Waals surface area contributed by atoms with Crippen molar-refractivity contribution in [1.82, 2.24) is 10.2 Å². The van der Waals surface area contributed by atoms with Crippen molar-refractivity contribution in [3.05, 3.63) is 0 Å². The summed E-state index contributed by atoms with van der Waals surface area (Å²) >= 11 is 0. The Kier molecular flexibility index (Phi) is 5.98. The van der Waals surface area contributed by atoms with E-state index in [0.29, 0.717) is 13.1 Å². The fraction of sp³-hybridized carbons (Fsp3) is 0.786. The second kappa shape index (κ2) is 7.26. The Hall–Kier alpha value is -1.59. The molecule has 20 heavy (non-hydrogen) atoms. The van der Waals surface area contributed by atoms with Gasteiger partial charge in [0.25, 0.3) is 0 Å². The Balaban J connectivity index is 2.44. The van der Waals surface area contributed by atoms with Crippen LogP contribution in [0.1, 0.15) is 52.4 Å². The average molecular weight is 284 g/mol. The van der Waals surface area contributed by atoms with Crippen molar-refractivity contribution < 1.29 is 19.5 Å². The maximum atomic E-state index is 11.9. The summed E-state index contributed by atoms with van der Waals surface area (Å²) in [4.78, 5) is 36.1. The number of nitrogens with one attached hydrogen (secondary N) is 1. The molecule has 114 valence electrons. The third-order valence-corrected chi connectivity index (χ3v) is 3.41. The lowest BCUT2D eigenvalue weighted by molar-refractivity contribution is -0.139. The molecule has 0 saturated carbocycles. The molecule has 1 saturated heterocycles. The largest absolute Gasteiger partial charge is 0.481 e. The number of carboxylic acids is 1. The predicted molar refractivity (Wildman–Crippen MR) is 74.2 cm³/mol. The van der Waals surface area contributed by atoms with Gasteiger partial charge in [-0.2, -0.15) is 0 Å². The van der Waals surface area contributed by atoms with Crippen LogP contribution in [-0.4, -0.2) is 41.0 Å². The summed E-state index contributed by atoms with van der Waals surface area (Å²) in [5, 5.41) is 11.1. The molecule has 0 spiro atoms. The first-order valence-corrected chi connectivity index (χ1v) is 7.11. The summed E-state index contributed by atoms with van der Waals surface area (Å²) in [5.74, 6) is -1.35. The van der Waals surface area contributed by atoms with E-state index >= 15 is 0 Å². The average Bonchev–Trinajstić information content (AvgIpc) is 2.53. The molecule has 0 atom stereocenters. The van der Waals surface area contributed by atoms with Crippen LogP contribution in [-0.2, 0) is 9.59 Å². The number of urea groups is 1. The molecule has 0 radical (unpaired) electrons. The Morgan fingerprint density at radius 3 is 2.10 bits per heavy atom. The number of hydrogen-bond acceptors (Lipinski definition) is 3. The summed E-state index contributed by atoms with van der Waals surface area (Å²) in [7, 11) is 0. The molecule has 0 aromatic rings. The van der Waals surface area contributed by atoms with Gasteiger partial charge in [-0.1, -0.05) is 26.7 Å². The van der Waals surface area contributed by atoms with Gasteiger partial charge in [0.05, 0.1) is 6.42 Å². The Bertz CT molecular complexity index is 371. The van der Waals surface area contributed by atoms with E-state index in [1.165, 1.54) is 0 Å². The first kappa shape index (κ1) is 16.5. The topological polar surface area (TPSA) is 86.7 Å². The molecular formula is C14H24N2O4. The van der Waals surface area contributed by atoms with Gasteiger partial charge >= 0.3 is 12.0 Å². The van der Waals surface area contributed by atoms with Crippen molar-refractivity contribution in [3.8, 4) is 0 Å². The molecule has 1 rings (SSSR count). The highest BCUT2D eigenvalue weighted by Gasteiger charge is 2.27. The third-order valence-electron chi connectivity index (χ3n) is 3.41. The van der Waals surface area contributed by atoms with Crippen molar-refractivity contribution >= 4 is 17.9 Å². The highest BCUT2D eigenvalue weighted by atomic mass is 16.4. The van der Waals surface area contributed by atoms with E-state index in [-0.39, 0.29) is 18.9 Å². The second-order valence-electron chi connectivity index (χ2n) is 6.17. The number of nitrogens with zero attached hydrogens (tertiary/aromatic N) is 1. The third kappa shape index (κ3) is 6.04. The van der Waals surface area contributed by atoms with E-state index in [1.54, 1.807) is 18.7 Å². The standard InChI is InChI=1S/C14H24N2O4/c1-14(2,10-12(18)19)9-11(17)15-13(20)16-7-5-3-4-6-8-16/h3-10H2,1-2H3,(H,18,19)(H,15,17,20). The molecule has 1 aliphatic heterocycles. The molecular weight excluding hydrogens is 260 g/mol. The minimum absolute atomic E-state index is 0.0267. The first-order chi connectivity index (χ1) is 9.30. The van der Waals surface area contributed by atoms with E-state index in [2.05, 4.69) is 5.32 Å². The molecule has 0 unspecified atom stereocenters. The van der Waals surface area contributed by atoms with Gasteiger partial charge in [0.15, 0.2) is 0 Å². The molecule has 3 amide bonds. The zero-order chi connectivity index (χ0) is 15.2. The smallest absolute Gasteiger partial charge is 0.324 e. The molecule has 0 aromatic heterocycles. The van der Waals surface area contributed by atoms with Crippen LogP contribution in [0.3, 0.4) is 0 Å². The zero-order valence-electron chi connectivity index (χ0n) is 12.3. The molecule has 6 heteroatoms.